The summed E-state index contributed by atoms with van der Waals surface area (Å²) in [4.78, 5) is 14.6. The Labute approximate surface area is 127 Å². The van der Waals surface area contributed by atoms with Gasteiger partial charge in [-0.2, -0.15) is 0 Å². The monoisotopic (exact) mass is 289 g/mol. The Balaban J connectivity index is 1.81. The Bertz CT molecular complexity index is 455. The zero-order chi connectivity index (χ0) is 15.1. The van der Waals surface area contributed by atoms with Gasteiger partial charge in [0, 0.05) is 24.7 Å². The number of nitrogens with zero attached hydrogens (tertiary/aromatic N) is 1. The highest BCUT2D eigenvalue weighted by Crippen LogP contribution is 2.21. The van der Waals surface area contributed by atoms with Crippen LogP contribution in [0.1, 0.15) is 41.6 Å². The van der Waals surface area contributed by atoms with Crippen molar-refractivity contribution in [3.8, 4) is 0 Å². The number of carbonyl (C=O) groups is 1. The summed E-state index contributed by atoms with van der Waals surface area (Å²) in [5.74, 6) is 0.0128. The fraction of sp³-hybridized carbons (Fsp3) is 0.588. The van der Waals surface area contributed by atoms with Gasteiger partial charge in [0.15, 0.2) is 0 Å². The first-order valence-corrected chi connectivity index (χ1v) is 7.98. The number of likely N-dealkylation sites (N-methyl/N-ethyl adjacent to an activating group) is 1. The predicted molar refractivity (Wildman–Crippen MR) is 86.4 cm³/mol. The molecule has 0 radical (unpaired) electrons. The van der Waals surface area contributed by atoms with Crippen molar-refractivity contribution in [2.24, 2.45) is 5.73 Å². The lowest BCUT2D eigenvalue weighted by atomic mass is 10.0. The molecule has 0 spiro atoms. The van der Waals surface area contributed by atoms with Crippen molar-refractivity contribution < 1.29 is 4.79 Å². The van der Waals surface area contributed by atoms with Gasteiger partial charge in [0.2, 0.25) is 0 Å². The van der Waals surface area contributed by atoms with Gasteiger partial charge in [0.05, 0.1) is 0 Å². The van der Waals surface area contributed by atoms with Crippen molar-refractivity contribution in [3.05, 3.63) is 35.4 Å². The molecule has 0 aliphatic heterocycles. The van der Waals surface area contributed by atoms with Crippen LogP contribution in [-0.4, -0.2) is 43.5 Å². The highest BCUT2D eigenvalue weighted by molar-refractivity contribution is 5.95. The molecule has 3 N–H and O–H groups in total. The summed E-state index contributed by atoms with van der Waals surface area (Å²) in [5, 5.41) is 3.03. The molecule has 1 aliphatic carbocycles. The first-order chi connectivity index (χ1) is 10.2. The number of nitrogens with one attached hydrogen (secondary N) is 1. The highest BCUT2D eigenvalue weighted by atomic mass is 16.1. The Hall–Kier alpha value is -1.39. The average molecular weight is 289 g/mol. The van der Waals surface area contributed by atoms with E-state index < -0.39 is 0 Å². The van der Waals surface area contributed by atoms with Gasteiger partial charge in [-0.1, -0.05) is 31.0 Å². The SMILES string of the molecule is CN(CCNC(=O)c1ccccc1CCN)C1CCCC1. The third-order valence-corrected chi connectivity index (χ3v) is 4.37. The molecular weight excluding hydrogens is 262 g/mol. The molecule has 0 unspecified atom stereocenters. The van der Waals surface area contributed by atoms with Crippen molar-refractivity contribution in [2.75, 3.05) is 26.7 Å². The summed E-state index contributed by atoms with van der Waals surface area (Å²) in [6.07, 6.45) is 6.01. The third-order valence-electron chi connectivity index (χ3n) is 4.37. The Morgan fingerprint density at radius 3 is 2.76 bits per heavy atom. The number of rotatable bonds is 7. The van der Waals surface area contributed by atoms with Crippen LogP contribution in [0.4, 0.5) is 0 Å². The number of hydrogen-bond donors (Lipinski definition) is 2. The van der Waals surface area contributed by atoms with Gasteiger partial charge in [-0.25, -0.2) is 0 Å². The van der Waals surface area contributed by atoms with Crippen molar-refractivity contribution in [1.29, 1.82) is 0 Å². The molecule has 0 bridgehead atoms. The third kappa shape index (κ3) is 4.55. The topological polar surface area (TPSA) is 58.4 Å². The normalized spacial score (nSPS) is 15.6. The van der Waals surface area contributed by atoms with Crippen LogP contribution >= 0.6 is 0 Å². The summed E-state index contributed by atoms with van der Waals surface area (Å²) < 4.78 is 0. The summed E-state index contributed by atoms with van der Waals surface area (Å²) >= 11 is 0. The summed E-state index contributed by atoms with van der Waals surface area (Å²) in [5.41, 5.74) is 7.39. The Morgan fingerprint density at radius 2 is 2.05 bits per heavy atom. The second-order valence-electron chi connectivity index (χ2n) is 5.87. The maximum atomic E-state index is 12.3. The average Bonchev–Trinajstić information content (AvgIpc) is 3.02. The fourth-order valence-electron chi connectivity index (χ4n) is 3.08. The van der Waals surface area contributed by atoms with Crippen molar-refractivity contribution in [1.82, 2.24) is 10.2 Å². The molecule has 116 valence electrons. The Morgan fingerprint density at radius 1 is 1.33 bits per heavy atom. The van der Waals surface area contributed by atoms with Gasteiger partial charge in [0.1, 0.15) is 0 Å². The lowest BCUT2D eigenvalue weighted by Gasteiger charge is -2.24. The number of hydrogen-bond acceptors (Lipinski definition) is 3. The number of amides is 1. The number of benzene rings is 1. The van der Waals surface area contributed by atoms with E-state index in [4.69, 9.17) is 5.73 Å². The van der Waals surface area contributed by atoms with Crippen LogP contribution in [0.15, 0.2) is 24.3 Å². The van der Waals surface area contributed by atoms with Crippen LogP contribution in [0.2, 0.25) is 0 Å². The predicted octanol–water partition coefficient (Wildman–Crippen LogP) is 1.79. The molecular formula is C17H27N3O. The van der Waals surface area contributed by atoms with Crippen molar-refractivity contribution in [3.63, 3.8) is 0 Å². The van der Waals surface area contributed by atoms with E-state index in [9.17, 15) is 4.79 Å². The molecule has 1 amide bonds. The van der Waals surface area contributed by atoms with Crippen molar-refractivity contribution >= 4 is 5.91 Å². The van der Waals surface area contributed by atoms with Gasteiger partial charge in [-0.15, -0.1) is 0 Å². The van der Waals surface area contributed by atoms with E-state index in [1.807, 2.05) is 24.3 Å². The van der Waals surface area contributed by atoms with Gasteiger partial charge in [-0.3, -0.25) is 4.79 Å². The minimum atomic E-state index is 0.0128. The lowest BCUT2D eigenvalue weighted by Crippen LogP contribution is -2.37. The fourth-order valence-corrected chi connectivity index (χ4v) is 3.08. The largest absolute Gasteiger partial charge is 0.351 e. The molecule has 1 aromatic rings. The lowest BCUT2D eigenvalue weighted by molar-refractivity contribution is 0.0946. The molecule has 2 rings (SSSR count). The van der Waals surface area contributed by atoms with E-state index in [1.54, 1.807) is 0 Å². The zero-order valence-corrected chi connectivity index (χ0v) is 13.0. The molecule has 0 saturated heterocycles. The first kappa shape index (κ1) is 16.0. The minimum Gasteiger partial charge on any atom is -0.351 e. The van der Waals surface area contributed by atoms with Crippen molar-refractivity contribution in [2.45, 2.75) is 38.1 Å². The summed E-state index contributed by atoms with van der Waals surface area (Å²) in [7, 11) is 2.16. The van der Waals surface area contributed by atoms with Crippen LogP contribution < -0.4 is 11.1 Å². The molecule has 0 heterocycles. The van der Waals surface area contributed by atoms with Crippen LogP contribution in [0.3, 0.4) is 0 Å². The van der Waals surface area contributed by atoms with E-state index in [1.165, 1.54) is 25.7 Å². The molecule has 21 heavy (non-hydrogen) atoms. The molecule has 1 saturated carbocycles. The maximum Gasteiger partial charge on any atom is 0.251 e. The zero-order valence-electron chi connectivity index (χ0n) is 13.0. The summed E-state index contributed by atoms with van der Waals surface area (Å²) in [6, 6.07) is 8.41. The first-order valence-electron chi connectivity index (χ1n) is 7.98. The van der Waals surface area contributed by atoms with E-state index in [-0.39, 0.29) is 5.91 Å². The van der Waals surface area contributed by atoms with E-state index in [0.717, 1.165) is 24.1 Å². The second-order valence-corrected chi connectivity index (χ2v) is 5.87. The van der Waals surface area contributed by atoms with E-state index in [0.29, 0.717) is 19.1 Å². The van der Waals surface area contributed by atoms with Crippen LogP contribution in [-0.2, 0) is 6.42 Å². The molecule has 4 heteroatoms. The Kier molecular flexibility index (Phi) is 6.21. The highest BCUT2D eigenvalue weighted by Gasteiger charge is 2.19. The number of carbonyl (C=O) groups excluding carboxylic acids is 1. The van der Waals surface area contributed by atoms with Gasteiger partial charge in [0.25, 0.3) is 5.91 Å². The molecule has 1 aromatic carbocycles. The molecule has 1 aliphatic rings. The van der Waals surface area contributed by atoms with Crippen LogP contribution in [0.5, 0.6) is 0 Å². The quantitative estimate of drug-likeness (QED) is 0.804. The van der Waals surface area contributed by atoms with Crippen LogP contribution in [0.25, 0.3) is 0 Å². The van der Waals surface area contributed by atoms with E-state index >= 15 is 0 Å². The molecule has 4 nitrogen and oxygen atoms in total. The van der Waals surface area contributed by atoms with E-state index in [2.05, 4.69) is 17.3 Å². The molecule has 0 aromatic heterocycles. The van der Waals surface area contributed by atoms with Gasteiger partial charge < -0.3 is 16.0 Å². The number of nitrogens with two attached hydrogens (primary N) is 1. The molecule has 1 fully saturated rings. The van der Waals surface area contributed by atoms with Gasteiger partial charge >= 0.3 is 0 Å². The van der Waals surface area contributed by atoms with Gasteiger partial charge in [-0.05, 0) is 44.5 Å². The molecule has 0 atom stereocenters. The standard InChI is InChI=1S/C17H27N3O/c1-20(15-7-3-4-8-15)13-12-19-17(21)16-9-5-2-6-14(16)10-11-18/h2,5-6,9,15H,3-4,7-8,10-13,18H2,1H3,(H,19,21). The second kappa shape index (κ2) is 8.15. The smallest absolute Gasteiger partial charge is 0.251 e. The minimum absolute atomic E-state index is 0.0128. The maximum absolute atomic E-state index is 12.3. The summed E-state index contributed by atoms with van der Waals surface area (Å²) in [6.45, 7) is 2.17. The van der Waals surface area contributed by atoms with Crippen LogP contribution in [0, 0.1) is 0 Å².